The number of carbonyl (C=O) groups excluding carboxylic acids is 1. The van der Waals surface area contributed by atoms with Crippen molar-refractivity contribution in [3.05, 3.63) is 66.5 Å². The highest BCUT2D eigenvalue weighted by atomic mass is 19.4. The molecule has 7 nitrogen and oxygen atoms in total. The summed E-state index contributed by atoms with van der Waals surface area (Å²) in [6.45, 7) is 4.05. The molecular weight excluding hydrogens is 423 g/mol. The standard InChI is InChI=1S/C22H22F3N5O2/c1-14(2)30(21(31)29-17-6-8-18(9-7-17)32-22(23,24)25)12-15-4-3-5-16(10-15)19-11-20(26)28-13-27-19/h3-11,13-14H,12H2,1-2H3,(H,29,31)(H2,26,27,28). The number of nitrogen functional groups attached to an aromatic ring is 1. The van der Waals surface area contributed by atoms with Crippen LogP contribution in [-0.4, -0.2) is 33.3 Å². The van der Waals surface area contributed by atoms with Crippen molar-refractivity contribution in [2.75, 3.05) is 11.1 Å². The first-order valence-electron chi connectivity index (χ1n) is 9.71. The molecule has 0 spiro atoms. The highest BCUT2D eigenvalue weighted by Crippen LogP contribution is 2.25. The number of benzene rings is 2. The number of nitrogens with two attached hydrogens (primary N) is 1. The SMILES string of the molecule is CC(C)N(Cc1cccc(-c2cc(N)ncn2)c1)C(=O)Nc1ccc(OC(F)(F)F)cc1. The van der Waals surface area contributed by atoms with Gasteiger partial charge in [-0.2, -0.15) is 0 Å². The summed E-state index contributed by atoms with van der Waals surface area (Å²) in [6.07, 6.45) is -3.39. The number of aromatic nitrogens is 2. The Morgan fingerprint density at radius 2 is 1.84 bits per heavy atom. The Kier molecular flexibility index (Phi) is 6.82. The number of halogens is 3. The van der Waals surface area contributed by atoms with E-state index in [1.807, 2.05) is 38.1 Å². The predicted molar refractivity (Wildman–Crippen MR) is 115 cm³/mol. The van der Waals surface area contributed by atoms with Crippen LogP contribution in [0.3, 0.4) is 0 Å². The number of anilines is 2. The third-order valence-corrected chi connectivity index (χ3v) is 4.49. The van der Waals surface area contributed by atoms with Gasteiger partial charge in [-0.05, 0) is 49.7 Å². The molecule has 0 saturated heterocycles. The van der Waals surface area contributed by atoms with E-state index in [0.29, 0.717) is 23.7 Å². The van der Waals surface area contributed by atoms with Gasteiger partial charge in [0.05, 0.1) is 5.69 Å². The maximum Gasteiger partial charge on any atom is 0.573 e. The number of alkyl halides is 3. The molecule has 3 rings (SSSR count). The Labute approximate surface area is 183 Å². The lowest BCUT2D eigenvalue weighted by molar-refractivity contribution is -0.274. The Bertz CT molecular complexity index is 1070. The molecule has 0 radical (unpaired) electrons. The number of nitrogens with one attached hydrogen (secondary N) is 1. The number of amides is 2. The van der Waals surface area contributed by atoms with Crippen LogP contribution < -0.4 is 15.8 Å². The van der Waals surface area contributed by atoms with E-state index in [0.717, 1.165) is 23.3 Å². The lowest BCUT2D eigenvalue weighted by Gasteiger charge is -2.27. The number of urea groups is 1. The number of ether oxygens (including phenoxy) is 1. The first kappa shape index (κ1) is 22.9. The summed E-state index contributed by atoms with van der Waals surface area (Å²) in [5.74, 6) is -0.00590. The van der Waals surface area contributed by atoms with E-state index in [1.165, 1.54) is 18.5 Å². The average molecular weight is 445 g/mol. The molecule has 3 N–H and O–H groups in total. The molecule has 1 heterocycles. The lowest BCUT2D eigenvalue weighted by atomic mass is 10.1. The smallest absolute Gasteiger partial charge is 0.406 e. The number of nitrogens with zero attached hydrogens (tertiary/aromatic N) is 3. The number of rotatable bonds is 6. The molecule has 0 unspecified atom stereocenters. The van der Waals surface area contributed by atoms with Crippen molar-refractivity contribution in [2.24, 2.45) is 0 Å². The fraction of sp³-hybridized carbons (Fsp3) is 0.227. The van der Waals surface area contributed by atoms with Crippen molar-refractivity contribution in [3.63, 3.8) is 0 Å². The summed E-state index contributed by atoms with van der Waals surface area (Å²) in [5.41, 5.74) is 8.45. The lowest BCUT2D eigenvalue weighted by Crippen LogP contribution is -2.39. The molecule has 168 valence electrons. The molecule has 0 atom stereocenters. The molecule has 32 heavy (non-hydrogen) atoms. The molecule has 0 aliphatic carbocycles. The van der Waals surface area contributed by atoms with Gasteiger partial charge in [-0.15, -0.1) is 13.2 Å². The Morgan fingerprint density at radius 1 is 1.12 bits per heavy atom. The van der Waals surface area contributed by atoms with Crippen LogP contribution in [-0.2, 0) is 6.54 Å². The highest BCUT2D eigenvalue weighted by molar-refractivity contribution is 5.89. The van der Waals surface area contributed by atoms with Crippen molar-refractivity contribution in [1.29, 1.82) is 0 Å². The van der Waals surface area contributed by atoms with Gasteiger partial charge < -0.3 is 20.7 Å². The summed E-state index contributed by atoms with van der Waals surface area (Å²) in [5, 5.41) is 2.70. The van der Waals surface area contributed by atoms with Crippen LogP contribution in [0.2, 0.25) is 0 Å². The third-order valence-electron chi connectivity index (χ3n) is 4.49. The second-order valence-corrected chi connectivity index (χ2v) is 7.25. The van der Waals surface area contributed by atoms with Crippen LogP contribution in [0.1, 0.15) is 19.4 Å². The van der Waals surface area contributed by atoms with Gasteiger partial charge in [0.25, 0.3) is 0 Å². The predicted octanol–water partition coefficient (Wildman–Crippen LogP) is 5.07. The van der Waals surface area contributed by atoms with Crippen LogP contribution in [0.4, 0.5) is 29.5 Å². The second kappa shape index (κ2) is 9.54. The molecule has 10 heteroatoms. The molecule has 0 bridgehead atoms. The van der Waals surface area contributed by atoms with Crippen molar-refractivity contribution >= 4 is 17.5 Å². The van der Waals surface area contributed by atoms with Gasteiger partial charge in [0.2, 0.25) is 0 Å². The van der Waals surface area contributed by atoms with Crippen LogP contribution in [0, 0.1) is 0 Å². The molecule has 1 aromatic heterocycles. The van der Waals surface area contributed by atoms with Gasteiger partial charge >= 0.3 is 12.4 Å². The summed E-state index contributed by atoms with van der Waals surface area (Å²) < 4.78 is 40.7. The zero-order chi connectivity index (χ0) is 23.3. The zero-order valence-electron chi connectivity index (χ0n) is 17.4. The van der Waals surface area contributed by atoms with Crippen molar-refractivity contribution < 1.29 is 22.7 Å². The molecule has 0 aliphatic rings. The van der Waals surface area contributed by atoms with E-state index < -0.39 is 6.36 Å². The molecule has 0 aliphatic heterocycles. The van der Waals surface area contributed by atoms with E-state index in [2.05, 4.69) is 20.0 Å². The number of hydrogen-bond donors (Lipinski definition) is 2. The van der Waals surface area contributed by atoms with Gasteiger partial charge in [0.15, 0.2) is 0 Å². The quantitative estimate of drug-likeness (QED) is 0.553. The summed E-state index contributed by atoms with van der Waals surface area (Å²) >= 11 is 0. The monoisotopic (exact) mass is 445 g/mol. The molecular formula is C22H22F3N5O2. The average Bonchev–Trinajstić information content (AvgIpc) is 2.72. The second-order valence-electron chi connectivity index (χ2n) is 7.25. The number of carbonyl (C=O) groups is 1. The zero-order valence-corrected chi connectivity index (χ0v) is 17.4. The van der Waals surface area contributed by atoms with Crippen molar-refractivity contribution in [2.45, 2.75) is 32.8 Å². The molecule has 3 aromatic rings. The van der Waals surface area contributed by atoms with E-state index in [4.69, 9.17) is 5.73 Å². The summed E-state index contributed by atoms with van der Waals surface area (Å²) in [7, 11) is 0. The van der Waals surface area contributed by atoms with E-state index in [9.17, 15) is 18.0 Å². The fourth-order valence-electron chi connectivity index (χ4n) is 2.98. The topological polar surface area (TPSA) is 93.4 Å². The van der Waals surface area contributed by atoms with E-state index in [1.54, 1.807) is 11.0 Å². The highest BCUT2D eigenvalue weighted by Gasteiger charge is 2.31. The van der Waals surface area contributed by atoms with Crippen molar-refractivity contribution in [3.8, 4) is 17.0 Å². The first-order valence-corrected chi connectivity index (χ1v) is 9.71. The minimum absolute atomic E-state index is 0.138. The first-order chi connectivity index (χ1) is 15.1. The molecule has 0 saturated carbocycles. The third kappa shape index (κ3) is 6.34. The van der Waals surface area contributed by atoms with E-state index in [-0.39, 0.29) is 17.8 Å². The van der Waals surface area contributed by atoms with Crippen LogP contribution in [0.25, 0.3) is 11.3 Å². The molecule has 2 aromatic carbocycles. The van der Waals surface area contributed by atoms with E-state index >= 15 is 0 Å². The largest absolute Gasteiger partial charge is 0.573 e. The van der Waals surface area contributed by atoms with Gasteiger partial charge in [-0.3, -0.25) is 0 Å². The minimum atomic E-state index is -4.77. The Balaban J connectivity index is 1.72. The van der Waals surface area contributed by atoms with Crippen molar-refractivity contribution in [1.82, 2.24) is 14.9 Å². The summed E-state index contributed by atoms with van der Waals surface area (Å²) in [6, 6.07) is 13.6. The minimum Gasteiger partial charge on any atom is -0.406 e. The van der Waals surface area contributed by atoms with Gasteiger partial charge in [-0.25, -0.2) is 14.8 Å². The molecule has 2 amide bonds. The normalized spacial score (nSPS) is 11.3. The van der Waals surface area contributed by atoms with Crippen LogP contribution in [0.15, 0.2) is 60.9 Å². The maximum absolute atomic E-state index is 12.8. The van der Waals surface area contributed by atoms with Crippen LogP contribution >= 0.6 is 0 Å². The Hall–Kier alpha value is -3.82. The number of hydrogen-bond acceptors (Lipinski definition) is 5. The van der Waals surface area contributed by atoms with Crippen LogP contribution in [0.5, 0.6) is 5.75 Å². The van der Waals surface area contributed by atoms with Gasteiger partial charge in [-0.1, -0.05) is 18.2 Å². The van der Waals surface area contributed by atoms with Gasteiger partial charge in [0.1, 0.15) is 17.9 Å². The summed E-state index contributed by atoms with van der Waals surface area (Å²) in [4.78, 5) is 22.6. The fourth-order valence-corrected chi connectivity index (χ4v) is 2.98. The Morgan fingerprint density at radius 3 is 2.47 bits per heavy atom. The maximum atomic E-state index is 12.8. The van der Waals surface area contributed by atoms with Gasteiger partial charge in [0, 0.05) is 29.9 Å². The molecule has 0 fully saturated rings.